The highest BCUT2D eigenvalue weighted by Crippen LogP contribution is 2.19. The van der Waals surface area contributed by atoms with Crippen molar-refractivity contribution in [1.82, 2.24) is 20.9 Å². The zero-order valence-electron chi connectivity index (χ0n) is 17.8. The third-order valence-corrected chi connectivity index (χ3v) is 5.58. The molecule has 1 aromatic heterocycles. The second kappa shape index (κ2) is 10.6. The summed E-state index contributed by atoms with van der Waals surface area (Å²) in [6, 6.07) is 0.534. The SMILES string of the molecule is CCNC(=NCc1ncc(CC)s1)NC1CCC(NC(=O)OC(C)(C)C)CC1. The van der Waals surface area contributed by atoms with Gasteiger partial charge in [-0.1, -0.05) is 6.92 Å². The van der Waals surface area contributed by atoms with Crippen LogP contribution in [0.15, 0.2) is 11.2 Å². The molecule has 28 heavy (non-hydrogen) atoms. The van der Waals surface area contributed by atoms with Gasteiger partial charge in [-0.25, -0.2) is 14.8 Å². The average molecular weight is 410 g/mol. The fraction of sp³-hybridized carbons (Fsp3) is 0.750. The van der Waals surface area contributed by atoms with Crippen molar-refractivity contribution in [3.05, 3.63) is 16.1 Å². The highest BCUT2D eigenvalue weighted by molar-refractivity contribution is 7.11. The van der Waals surface area contributed by atoms with E-state index in [9.17, 15) is 4.79 Å². The second-order valence-electron chi connectivity index (χ2n) is 8.11. The van der Waals surface area contributed by atoms with Gasteiger partial charge in [0.25, 0.3) is 0 Å². The lowest BCUT2D eigenvalue weighted by Crippen LogP contribution is -2.48. The van der Waals surface area contributed by atoms with Crippen LogP contribution < -0.4 is 16.0 Å². The Morgan fingerprint density at radius 3 is 2.39 bits per heavy atom. The van der Waals surface area contributed by atoms with Crippen LogP contribution in [0.4, 0.5) is 4.79 Å². The molecule has 0 bridgehead atoms. The largest absolute Gasteiger partial charge is 0.444 e. The first kappa shape index (κ1) is 22.5. The molecule has 7 nitrogen and oxygen atoms in total. The van der Waals surface area contributed by atoms with E-state index in [-0.39, 0.29) is 12.1 Å². The maximum Gasteiger partial charge on any atom is 0.407 e. The van der Waals surface area contributed by atoms with Crippen molar-refractivity contribution in [2.75, 3.05) is 6.54 Å². The van der Waals surface area contributed by atoms with E-state index in [0.717, 1.165) is 49.6 Å². The fourth-order valence-electron chi connectivity index (χ4n) is 3.10. The van der Waals surface area contributed by atoms with Crippen molar-refractivity contribution in [2.45, 2.75) is 91.0 Å². The zero-order valence-corrected chi connectivity index (χ0v) is 18.6. The third kappa shape index (κ3) is 8.04. The van der Waals surface area contributed by atoms with E-state index in [4.69, 9.17) is 4.74 Å². The van der Waals surface area contributed by atoms with E-state index in [1.807, 2.05) is 27.0 Å². The number of alkyl carbamates (subject to hydrolysis) is 1. The van der Waals surface area contributed by atoms with E-state index >= 15 is 0 Å². The van der Waals surface area contributed by atoms with Gasteiger partial charge in [0.15, 0.2) is 5.96 Å². The van der Waals surface area contributed by atoms with Crippen LogP contribution in [0, 0.1) is 0 Å². The first-order valence-electron chi connectivity index (χ1n) is 10.3. The molecule has 1 fully saturated rings. The molecule has 1 aliphatic rings. The van der Waals surface area contributed by atoms with Crippen LogP contribution in [0.25, 0.3) is 0 Å². The highest BCUT2D eigenvalue weighted by atomic mass is 32.1. The van der Waals surface area contributed by atoms with E-state index in [2.05, 4.69) is 39.8 Å². The number of hydrogen-bond acceptors (Lipinski definition) is 5. The summed E-state index contributed by atoms with van der Waals surface area (Å²) in [7, 11) is 0. The molecule has 8 heteroatoms. The van der Waals surface area contributed by atoms with Gasteiger partial charge in [-0.15, -0.1) is 11.3 Å². The molecular weight excluding hydrogens is 374 g/mol. The maximum atomic E-state index is 11.9. The summed E-state index contributed by atoms with van der Waals surface area (Å²) in [6.45, 7) is 11.3. The van der Waals surface area contributed by atoms with Crippen LogP contribution >= 0.6 is 11.3 Å². The third-order valence-electron chi connectivity index (χ3n) is 4.46. The second-order valence-corrected chi connectivity index (χ2v) is 9.31. The Balaban J connectivity index is 1.79. The molecule has 158 valence electrons. The van der Waals surface area contributed by atoms with Crippen molar-refractivity contribution in [1.29, 1.82) is 0 Å². The average Bonchev–Trinajstić information content (AvgIpc) is 3.08. The van der Waals surface area contributed by atoms with Crippen molar-refractivity contribution in [3.63, 3.8) is 0 Å². The van der Waals surface area contributed by atoms with Crippen LogP contribution in [0.5, 0.6) is 0 Å². The van der Waals surface area contributed by atoms with Crippen molar-refractivity contribution >= 4 is 23.4 Å². The predicted molar refractivity (Wildman–Crippen MR) is 115 cm³/mol. The number of nitrogens with zero attached hydrogens (tertiary/aromatic N) is 2. The predicted octanol–water partition coefficient (Wildman–Crippen LogP) is 3.60. The lowest BCUT2D eigenvalue weighted by molar-refractivity contribution is 0.0490. The lowest BCUT2D eigenvalue weighted by atomic mass is 9.91. The summed E-state index contributed by atoms with van der Waals surface area (Å²) in [4.78, 5) is 22.3. The quantitative estimate of drug-likeness (QED) is 0.494. The van der Waals surface area contributed by atoms with Gasteiger partial charge in [0.1, 0.15) is 10.6 Å². The van der Waals surface area contributed by atoms with Crippen LogP contribution in [0.2, 0.25) is 0 Å². The van der Waals surface area contributed by atoms with Crippen LogP contribution in [-0.4, -0.2) is 41.3 Å². The summed E-state index contributed by atoms with van der Waals surface area (Å²) in [5.41, 5.74) is -0.463. The number of aliphatic imine (C=N–C) groups is 1. The highest BCUT2D eigenvalue weighted by Gasteiger charge is 2.25. The fourth-order valence-corrected chi connectivity index (χ4v) is 3.89. The number of amides is 1. The molecule has 1 aliphatic carbocycles. The molecular formula is C20H35N5O2S. The molecule has 0 saturated heterocycles. The van der Waals surface area contributed by atoms with E-state index in [1.165, 1.54) is 4.88 Å². The standard InChI is InChI=1S/C20H35N5O2S/c1-6-16-12-22-17(28-16)13-23-18(21-7-2)24-14-8-10-15(11-9-14)25-19(26)27-20(3,4)5/h12,14-15H,6-11,13H2,1-5H3,(H,25,26)(H2,21,23,24). The molecule has 2 rings (SSSR count). The molecule has 0 aliphatic heterocycles. The number of nitrogens with one attached hydrogen (secondary N) is 3. The molecule has 1 saturated carbocycles. The normalized spacial score (nSPS) is 20.5. The number of aryl methyl sites for hydroxylation is 1. The zero-order chi connectivity index (χ0) is 20.6. The monoisotopic (exact) mass is 409 g/mol. The molecule has 0 atom stereocenters. The van der Waals surface area contributed by atoms with Gasteiger partial charge in [-0.2, -0.15) is 0 Å². The summed E-state index contributed by atoms with van der Waals surface area (Å²) in [5.74, 6) is 0.833. The number of guanidine groups is 1. The number of ether oxygens (including phenoxy) is 1. The van der Waals surface area contributed by atoms with Gasteiger partial charge >= 0.3 is 6.09 Å². The topological polar surface area (TPSA) is 87.6 Å². The van der Waals surface area contributed by atoms with E-state index < -0.39 is 5.60 Å². The molecule has 3 N–H and O–H groups in total. The van der Waals surface area contributed by atoms with Gasteiger partial charge < -0.3 is 20.7 Å². The maximum absolute atomic E-state index is 11.9. The Kier molecular flexibility index (Phi) is 8.54. The number of aromatic nitrogens is 1. The summed E-state index contributed by atoms with van der Waals surface area (Å²) in [6.07, 6.45) is 6.47. The number of carbonyl (C=O) groups excluding carboxylic acids is 1. The minimum atomic E-state index is -0.463. The number of thiazole rings is 1. The number of hydrogen-bond donors (Lipinski definition) is 3. The molecule has 1 heterocycles. The van der Waals surface area contributed by atoms with Gasteiger partial charge in [0.2, 0.25) is 0 Å². The molecule has 0 aromatic carbocycles. The molecule has 1 amide bonds. The Bertz CT molecular complexity index is 645. The van der Waals surface area contributed by atoms with Crippen molar-refractivity contribution < 1.29 is 9.53 Å². The summed E-state index contributed by atoms with van der Waals surface area (Å²) >= 11 is 1.72. The van der Waals surface area contributed by atoms with Crippen molar-refractivity contribution in [3.8, 4) is 0 Å². The van der Waals surface area contributed by atoms with E-state index in [1.54, 1.807) is 11.3 Å². The molecule has 1 aromatic rings. The van der Waals surface area contributed by atoms with E-state index in [0.29, 0.717) is 12.6 Å². The first-order chi connectivity index (χ1) is 13.3. The molecule has 0 radical (unpaired) electrons. The summed E-state index contributed by atoms with van der Waals surface area (Å²) in [5, 5.41) is 10.9. The number of rotatable bonds is 6. The minimum Gasteiger partial charge on any atom is -0.444 e. The first-order valence-corrected chi connectivity index (χ1v) is 11.1. The van der Waals surface area contributed by atoms with Crippen LogP contribution in [0.3, 0.4) is 0 Å². The van der Waals surface area contributed by atoms with Crippen LogP contribution in [-0.2, 0) is 17.7 Å². The Morgan fingerprint density at radius 2 is 1.86 bits per heavy atom. The Labute approximate surface area is 172 Å². The van der Waals surface area contributed by atoms with Gasteiger partial charge in [-0.05, 0) is 59.8 Å². The van der Waals surface area contributed by atoms with Gasteiger partial charge in [-0.3, -0.25) is 0 Å². The van der Waals surface area contributed by atoms with Crippen molar-refractivity contribution in [2.24, 2.45) is 4.99 Å². The lowest BCUT2D eigenvalue weighted by Gasteiger charge is -2.31. The molecule has 0 unspecified atom stereocenters. The van der Waals surface area contributed by atoms with Gasteiger partial charge in [0, 0.05) is 29.7 Å². The number of carbonyl (C=O) groups is 1. The summed E-state index contributed by atoms with van der Waals surface area (Å²) < 4.78 is 5.35. The minimum absolute atomic E-state index is 0.176. The van der Waals surface area contributed by atoms with Crippen LogP contribution in [0.1, 0.15) is 70.2 Å². The Morgan fingerprint density at radius 1 is 1.21 bits per heavy atom. The Hall–Kier alpha value is -1.83. The molecule has 0 spiro atoms. The van der Waals surface area contributed by atoms with Gasteiger partial charge in [0.05, 0.1) is 6.54 Å². The smallest absolute Gasteiger partial charge is 0.407 e.